The van der Waals surface area contributed by atoms with Gasteiger partial charge >= 0.3 is 0 Å². The Bertz CT molecular complexity index is 351. The van der Waals surface area contributed by atoms with Gasteiger partial charge in [0.05, 0.1) is 6.54 Å². The average Bonchev–Trinajstić information content (AvgIpc) is 2.80. The first-order valence-corrected chi connectivity index (χ1v) is 7.03. The number of nitrogens with one attached hydrogen (secondary N) is 1. The lowest BCUT2D eigenvalue weighted by molar-refractivity contribution is 0.123. The van der Waals surface area contributed by atoms with Crippen LogP contribution >= 0.6 is 0 Å². The zero-order valence-corrected chi connectivity index (χ0v) is 11.5. The lowest BCUT2D eigenvalue weighted by Gasteiger charge is -2.34. The third-order valence-corrected chi connectivity index (χ3v) is 3.51. The molecule has 1 aliphatic heterocycles. The van der Waals surface area contributed by atoms with E-state index in [4.69, 9.17) is 4.52 Å². The summed E-state index contributed by atoms with van der Waals surface area (Å²) in [5, 5.41) is 7.28. The Morgan fingerprint density at radius 2 is 2.33 bits per heavy atom. The normalized spacial score (nSPS) is 21.3. The van der Waals surface area contributed by atoms with Crippen molar-refractivity contribution < 1.29 is 4.52 Å². The predicted octanol–water partition coefficient (Wildman–Crippen LogP) is 1.60. The number of hydrogen-bond donors (Lipinski definition) is 1. The molecular formula is C13H24N4O. The maximum Gasteiger partial charge on any atom is 0.240 e. The molecule has 0 aliphatic carbocycles. The van der Waals surface area contributed by atoms with E-state index in [2.05, 4.69) is 27.3 Å². The third kappa shape index (κ3) is 3.53. The zero-order valence-electron chi connectivity index (χ0n) is 11.5. The van der Waals surface area contributed by atoms with Crippen molar-refractivity contribution in [3.8, 4) is 0 Å². The van der Waals surface area contributed by atoms with Crippen molar-refractivity contribution in [2.45, 2.75) is 51.6 Å². The van der Waals surface area contributed by atoms with E-state index in [9.17, 15) is 0 Å². The van der Waals surface area contributed by atoms with Crippen molar-refractivity contribution in [3.05, 3.63) is 11.7 Å². The van der Waals surface area contributed by atoms with Crippen LogP contribution in [0.3, 0.4) is 0 Å². The van der Waals surface area contributed by atoms with Crippen LogP contribution in [-0.4, -0.2) is 41.2 Å². The molecule has 0 spiro atoms. The second-order valence-electron chi connectivity index (χ2n) is 5.03. The van der Waals surface area contributed by atoms with Crippen LogP contribution in [0.5, 0.6) is 0 Å². The molecule has 1 aliphatic rings. The summed E-state index contributed by atoms with van der Waals surface area (Å²) in [6.07, 6.45) is 5.83. The first-order chi connectivity index (χ1) is 8.83. The van der Waals surface area contributed by atoms with Crippen molar-refractivity contribution in [3.63, 3.8) is 0 Å². The van der Waals surface area contributed by atoms with Crippen LogP contribution in [0.2, 0.25) is 0 Å². The minimum atomic E-state index is 0.602. The molecule has 0 aromatic carbocycles. The summed E-state index contributed by atoms with van der Waals surface area (Å²) in [7, 11) is 2.01. The molecule has 1 unspecified atom stereocenters. The molecule has 2 heterocycles. The quantitative estimate of drug-likeness (QED) is 0.833. The number of likely N-dealkylation sites (N-methyl/N-ethyl adjacent to an activating group) is 1. The number of nitrogens with zero attached hydrogens (tertiary/aromatic N) is 3. The molecular weight excluding hydrogens is 228 g/mol. The van der Waals surface area contributed by atoms with E-state index < -0.39 is 0 Å². The lowest BCUT2D eigenvalue weighted by Crippen LogP contribution is -2.44. The molecule has 1 atom stereocenters. The van der Waals surface area contributed by atoms with E-state index >= 15 is 0 Å². The van der Waals surface area contributed by atoms with E-state index in [1.54, 1.807) is 0 Å². The molecule has 1 N–H and O–H groups in total. The fourth-order valence-corrected chi connectivity index (χ4v) is 2.59. The van der Waals surface area contributed by atoms with Gasteiger partial charge in [-0.2, -0.15) is 4.98 Å². The predicted molar refractivity (Wildman–Crippen MR) is 70.3 cm³/mol. The molecule has 5 nitrogen and oxygen atoms in total. The zero-order chi connectivity index (χ0) is 12.8. The molecule has 1 fully saturated rings. The highest BCUT2D eigenvalue weighted by atomic mass is 16.5. The maximum atomic E-state index is 5.32. The van der Waals surface area contributed by atoms with Gasteiger partial charge < -0.3 is 9.84 Å². The van der Waals surface area contributed by atoms with Crippen LogP contribution in [0.25, 0.3) is 0 Å². The minimum Gasteiger partial charge on any atom is -0.338 e. The Balaban J connectivity index is 1.92. The fraction of sp³-hybridized carbons (Fsp3) is 0.846. The molecule has 0 saturated carbocycles. The molecule has 18 heavy (non-hydrogen) atoms. The number of aryl methyl sites for hydroxylation is 1. The molecule has 1 aromatic rings. The standard InChI is InChI=1S/C13H24N4O/c1-3-6-12-15-13(18-16-12)10-17-8-5-4-7-11(17)9-14-2/h11,14H,3-10H2,1-2H3. The SMILES string of the molecule is CCCc1noc(CN2CCCCC2CNC)n1. The first kappa shape index (κ1) is 13.5. The first-order valence-electron chi connectivity index (χ1n) is 7.03. The van der Waals surface area contributed by atoms with Crippen molar-refractivity contribution >= 4 is 0 Å². The van der Waals surface area contributed by atoms with Gasteiger partial charge in [0.25, 0.3) is 0 Å². The number of rotatable bonds is 6. The summed E-state index contributed by atoms with van der Waals surface area (Å²) in [5.74, 6) is 1.61. The molecule has 5 heteroatoms. The monoisotopic (exact) mass is 252 g/mol. The fourth-order valence-electron chi connectivity index (χ4n) is 2.59. The highest BCUT2D eigenvalue weighted by Gasteiger charge is 2.23. The summed E-state index contributed by atoms with van der Waals surface area (Å²) >= 11 is 0. The van der Waals surface area contributed by atoms with Crippen LogP contribution < -0.4 is 5.32 Å². The van der Waals surface area contributed by atoms with Crippen molar-refractivity contribution in [1.82, 2.24) is 20.4 Å². The number of hydrogen-bond acceptors (Lipinski definition) is 5. The Hall–Kier alpha value is -0.940. The highest BCUT2D eigenvalue weighted by Crippen LogP contribution is 2.18. The molecule has 0 bridgehead atoms. The molecule has 2 rings (SSSR count). The summed E-state index contributed by atoms with van der Waals surface area (Å²) in [5.41, 5.74) is 0. The summed E-state index contributed by atoms with van der Waals surface area (Å²) in [4.78, 5) is 6.91. The van der Waals surface area contributed by atoms with Gasteiger partial charge in [-0.25, -0.2) is 0 Å². The summed E-state index contributed by atoms with van der Waals surface area (Å²) in [6.45, 7) is 5.10. The molecule has 0 amide bonds. The van der Waals surface area contributed by atoms with Crippen LogP contribution in [0.15, 0.2) is 4.52 Å². The largest absolute Gasteiger partial charge is 0.338 e. The molecule has 0 radical (unpaired) electrons. The Morgan fingerprint density at radius 3 is 3.11 bits per heavy atom. The molecule has 1 saturated heterocycles. The Kier molecular flexibility index (Phi) is 5.13. The van der Waals surface area contributed by atoms with E-state index in [0.29, 0.717) is 6.04 Å². The van der Waals surface area contributed by atoms with E-state index in [0.717, 1.165) is 44.2 Å². The number of aromatic nitrogens is 2. The minimum absolute atomic E-state index is 0.602. The van der Waals surface area contributed by atoms with Crippen molar-refractivity contribution in [2.24, 2.45) is 0 Å². The van der Waals surface area contributed by atoms with Crippen LogP contribution in [0.1, 0.15) is 44.3 Å². The van der Waals surface area contributed by atoms with Gasteiger partial charge in [-0.15, -0.1) is 0 Å². The van der Waals surface area contributed by atoms with Gasteiger partial charge in [0.1, 0.15) is 0 Å². The maximum absolute atomic E-state index is 5.32. The van der Waals surface area contributed by atoms with Gasteiger partial charge in [0.2, 0.25) is 5.89 Å². The smallest absolute Gasteiger partial charge is 0.240 e. The second-order valence-corrected chi connectivity index (χ2v) is 5.03. The van der Waals surface area contributed by atoms with E-state index in [-0.39, 0.29) is 0 Å². The van der Waals surface area contributed by atoms with Gasteiger partial charge in [0.15, 0.2) is 5.82 Å². The Labute approximate surface area is 109 Å². The highest BCUT2D eigenvalue weighted by molar-refractivity contribution is 4.88. The van der Waals surface area contributed by atoms with Gasteiger partial charge in [0, 0.05) is 19.0 Å². The van der Waals surface area contributed by atoms with Crippen LogP contribution in [-0.2, 0) is 13.0 Å². The van der Waals surface area contributed by atoms with Gasteiger partial charge in [-0.1, -0.05) is 18.5 Å². The van der Waals surface area contributed by atoms with Crippen molar-refractivity contribution in [2.75, 3.05) is 20.1 Å². The van der Waals surface area contributed by atoms with Gasteiger partial charge in [-0.3, -0.25) is 4.90 Å². The number of likely N-dealkylation sites (tertiary alicyclic amines) is 1. The second kappa shape index (κ2) is 6.85. The molecule has 102 valence electrons. The topological polar surface area (TPSA) is 54.2 Å². The van der Waals surface area contributed by atoms with Crippen molar-refractivity contribution in [1.29, 1.82) is 0 Å². The lowest BCUT2D eigenvalue weighted by atomic mass is 10.0. The number of piperidine rings is 1. The Morgan fingerprint density at radius 1 is 1.44 bits per heavy atom. The van der Waals surface area contributed by atoms with E-state index in [1.165, 1.54) is 19.3 Å². The van der Waals surface area contributed by atoms with Crippen LogP contribution in [0, 0.1) is 0 Å². The van der Waals surface area contributed by atoms with Crippen LogP contribution in [0.4, 0.5) is 0 Å². The summed E-state index contributed by atoms with van der Waals surface area (Å²) < 4.78 is 5.32. The summed E-state index contributed by atoms with van der Waals surface area (Å²) in [6, 6.07) is 0.602. The molecule has 1 aromatic heterocycles. The van der Waals surface area contributed by atoms with E-state index in [1.807, 2.05) is 7.05 Å². The third-order valence-electron chi connectivity index (χ3n) is 3.51. The average molecular weight is 252 g/mol. The van der Waals surface area contributed by atoms with Gasteiger partial charge in [-0.05, 0) is 32.9 Å².